The summed E-state index contributed by atoms with van der Waals surface area (Å²) in [5.41, 5.74) is 0.798. The number of nitroso groups, excluding NO2 is 1. The molecular formula is C9H15B4N5O3. The minimum atomic E-state index is -0.522. The van der Waals surface area contributed by atoms with Gasteiger partial charge in [-0.2, -0.15) is 0 Å². The van der Waals surface area contributed by atoms with E-state index in [1.54, 1.807) is 11.1 Å². The number of nitrogens with zero attached hydrogens (tertiary/aromatic N) is 5. The van der Waals surface area contributed by atoms with Gasteiger partial charge in [0.1, 0.15) is 31.4 Å². The fraction of sp³-hybridized carbons (Fsp3) is 0.444. The van der Waals surface area contributed by atoms with Crippen LogP contribution in [0.1, 0.15) is 0 Å². The molecule has 2 heterocycles. The number of piperazine rings is 1. The van der Waals surface area contributed by atoms with Crippen LogP contribution in [0.25, 0.3) is 0 Å². The Hall–Kier alpha value is -1.99. The molecule has 21 heavy (non-hydrogen) atoms. The summed E-state index contributed by atoms with van der Waals surface area (Å²) in [4.78, 5) is 27.2. The molecule has 0 radical (unpaired) electrons. The second kappa shape index (κ2) is 5.09. The second-order valence-electron chi connectivity index (χ2n) is 6.51. The molecule has 1 aliphatic rings. The molecule has 8 nitrogen and oxygen atoms in total. The van der Waals surface area contributed by atoms with Gasteiger partial charge in [0.15, 0.2) is 6.20 Å². The Bertz CT molecular complexity index is 549. The topological polar surface area (TPSA) is 91.9 Å². The lowest BCUT2D eigenvalue weighted by atomic mass is 9.51. The highest BCUT2D eigenvalue weighted by Crippen LogP contribution is 2.29. The molecule has 0 spiro atoms. The molecule has 106 valence electrons. The van der Waals surface area contributed by atoms with Crippen molar-refractivity contribution in [3.63, 3.8) is 0 Å². The first-order valence-electron chi connectivity index (χ1n) is 6.66. The van der Waals surface area contributed by atoms with Crippen molar-refractivity contribution < 1.29 is 4.92 Å². The van der Waals surface area contributed by atoms with Crippen LogP contribution in [0.15, 0.2) is 23.6 Å². The van der Waals surface area contributed by atoms with Gasteiger partial charge in [-0.15, -0.1) is 4.91 Å². The molecule has 0 unspecified atom stereocenters. The molecule has 0 atom stereocenters. The number of rotatable bonds is 3. The van der Waals surface area contributed by atoms with Crippen molar-refractivity contribution in [3.05, 3.63) is 33.4 Å². The Balaban J connectivity index is 2.29. The van der Waals surface area contributed by atoms with Crippen molar-refractivity contribution >= 4 is 42.9 Å². The first-order chi connectivity index (χ1) is 9.67. The molecule has 0 N–H and O–H groups in total. The summed E-state index contributed by atoms with van der Waals surface area (Å²) < 4.78 is 0. The summed E-state index contributed by atoms with van der Waals surface area (Å²) >= 11 is 0. The van der Waals surface area contributed by atoms with Crippen molar-refractivity contribution in [2.75, 3.05) is 18.0 Å². The summed E-state index contributed by atoms with van der Waals surface area (Å²) in [6.07, 6.45) is 1.49. The molecule has 0 bridgehead atoms. The van der Waals surface area contributed by atoms with Crippen LogP contribution in [0.2, 0.25) is 0 Å². The van der Waals surface area contributed by atoms with Gasteiger partial charge in [-0.25, -0.2) is 0 Å². The van der Waals surface area contributed by atoms with E-state index >= 15 is 0 Å². The third-order valence-corrected chi connectivity index (χ3v) is 3.67. The lowest BCUT2D eigenvalue weighted by Crippen LogP contribution is -2.72. The third-order valence-electron chi connectivity index (χ3n) is 3.67. The molecule has 1 fully saturated rings. The van der Waals surface area contributed by atoms with Crippen LogP contribution in [0.4, 0.5) is 11.5 Å². The number of aromatic nitrogens is 1. The predicted octanol–water partition coefficient (Wildman–Crippen LogP) is -3.37. The molecule has 0 aromatic carbocycles. The van der Waals surface area contributed by atoms with Gasteiger partial charge in [0, 0.05) is 29.8 Å². The van der Waals surface area contributed by atoms with Crippen molar-refractivity contribution in [3.8, 4) is 0 Å². The van der Waals surface area contributed by atoms with Crippen molar-refractivity contribution in [2.24, 2.45) is 5.29 Å². The average Bonchev–Trinajstić information content (AvgIpc) is 2.36. The first kappa shape index (κ1) is 15.4. The van der Waals surface area contributed by atoms with Crippen LogP contribution in [0.3, 0.4) is 0 Å². The largest absolute Gasteiger partial charge is 0.367 e. The summed E-state index contributed by atoms with van der Waals surface area (Å²) in [5.74, 6) is -0.175. The van der Waals surface area contributed by atoms with E-state index in [1.807, 2.05) is 31.4 Å². The molecular weight excluding hydrogens is 269 g/mol. The molecule has 12 heteroatoms. The zero-order valence-electron chi connectivity index (χ0n) is 12.6. The minimum absolute atomic E-state index is 0.175. The predicted molar refractivity (Wildman–Crippen MR) is 90.4 cm³/mol. The van der Waals surface area contributed by atoms with Gasteiger partial charge in [-0.3, -0.25) is 5.01 Å². The first-order valence-corrected chi connectivity index (χ1v) is 6.66. The van der Waals surface area contributed by atoms with E-state index in [1.165, 1.54) is 12.3 Å². The molecule has 2 rings (SSSR count). The SMILES string of the molecule is BC1(B)CN(c2ccc([N+](=O)[O-])nc2)CC(B)(B)N1N=O. The quantitative estimate of drug-likeness (QED) is 0.249. The van der Waals surface area contributed by atoms with Crippen LogP contribution in [0.5, 0.6) is 0 Å². The monoisotopic (exact) mass is 285 g/mol. The highest BCUT2D eigenvalue weighted by Gasteiger charge is 2.44. The smallest absolute Gasteiger partial charge is 0.363 e. The zero-order valence-corrected chi connectivity index (χ0v) is 12.6. The molecule has 0 saturated carbocycles. The Morgan fingerprint density at radius 2 is 1.81 bits per heavy atom. The minimum Gasteiger partial charge on any atom is -0.367 e. The van der Waals surface area contributed by atoms with E-state index in [0.29, 0.717) is 13.1 Å². The number of hydrogen-bond acceptors (Lipinski definition) is 6. The van der Waals surface area contributed by atoms with Crippen LogP contribution in [0, 0.1) is 15.0 Å². The normalized spacial score (nSPS) is 20.0. The summed E-state index contributed by atoms with van der Waals surface area (Å²) in [7, 11) is 7.78. The van der Waals surface area contributed by atoms with Gasteiger partial charge >= 0.3 is 5.82 Å². The van der Waals surface area contributed by atoms with Crippen LogP contribution < -0.4 is 4.90 Å². The molecule has 1 aliphatic heterocycles. The van der Waals surface area contributed by atoms with Gasteiger partial charge < -0.3 is 15.0 Å². The summed E-state index contributed by atoms with van der Waals surface area (Å²) in [6.45, 7) is 1.17. The summed E-state index contributed by atoms with van der Waals surface area (Å²) in [6, 6.07) is 3.07. The lowest BCUT2D eigenvalue weighted by Gasteiger charge is -2.54. The average molecular weight is 284 g/mol. The maximum atomic E-state index is 11.1. The van der Waals surface area contributed by atoms with Crippen LogP contribution in [-0.2, 0) is 0 Å². The lowest BCUT2D eigenvalue weighted by molar-refractivity contribution is -0.389. The maximum absolute atomic E-state index is 11.1. The highest BCUT2D eigenvalue weighted by atomic mass is 16.6. The Morgan fingerprint density at radius 1 is 1.24 bits per heavy atom. The number of pyridine rings is 1. The molecule has 0 amide bonds. The highest BCUT2D eigenvalue weighted by molar-refractivity contribution is 6.45. The zero-order chi connectivity index (χ0) is 15.8. The van der Waals surface area contributed by atoms with Gasteiger partial charge in [0.25, 0.3) is 0 Å². The van der Waals surface area contributed by atoms with E-state index in [9.17, 15) is 15.0 Å². The number of hydrogen-bond donors (Lipinski definition) is 0. The molecule has 0 aliphatic carbocycles. The number of anilines is 1. The molecule has 1 aromatic rings. The van der Waals surface area contributed by atoms with Crippen molar-refractivity contribution in [1.29, 1.82) is 0 Å². The van der Waals surface area contributed by atoms with E-state index < -0.39 is 15.6 Å². The molecule has 1 saturated heterocycles. The van der Waals surface area contributed by atoms with Crippen molar-refractivity contribution in [2.45, 2.75) is 10.7 Å². The Labute approximate surface area is 126 Å². The van der Waals surface area contributed by atoms with Gasteiger partial charge in [-0.05, 0) is 16.0 Å². The standard InChI is InChI=1S/C9H15B4N5O3/c10-8(11)4-16(5-9(12,13)18(8)15-19)6-1-2-7(14-3-6)17(20)21/h1-3H,4-5,10-13H2. The van der Waals surface area contributed by atoms with Crippen molar-refractivity contribution in [1.82, 2.24) is 9.99 Å². The fourth-order valence-corrected chi connectivity index (χ4v) is 3.02. The second-order valence-corrected chi connectivity index (χ2v) is 6.51. The van der Waals surface area contributed by atoms with E-state index in [2.05, 4.69) is 15.2 Å². The van der Waals surface area contributed by atoms with Gasteiger partial charge in [0.05, 0.1) is 11.0 Å². The number of nitro groups is 1. The Morgan fingerprint density at radius 3 is 2.19 bits per heavy atom. The van der Waals surface area contributed by atoms with E-state index in [4.69, 9.17) is 0 Å². The fourth-order valence-electron chi connectivity index (χ4n) is 3.02. The van der Waals surface area contributed by atoms with Crippen LogP contribution in [-0.4, -0.2) is 70.1 Å². The van der Waals surface area contributed by atoms with Crippen LogP contribution >= 0.6 is 0 Å². The van der Waals surface area contributed by atoms with E-state index in [-0.39, 0.29) is 5.82 Å². The Kier molecular flexibility index (Phi) is 3.73. The van der Waals surface area contributed by atoms with Gasteiger partial charge in [0.2, 0.25) is 0 Å². The maximum Gasteiger partial charge on any atom is 0.363 e. The molecule has 1 aromatic heterocycles. The third kappa shape index (κ3) is 2.88. The van der Waals surface area contributed by atoms with E-state index in [0.717, 1.165) is 5.69 Å². The summed E-state index contributed by atoms with van der Waals surface area (Å²) in [5, 5.41) is 14.5. The van der Waals surface area contributed by atoms with Gasteiger partial charge in [-0.1, -0.05) is 0 Å².